The first-order chi connectivity index (χ1) is 20.5. The molecule has 0 radical (unpaired) electrons. The highest BCUT2D eigenvalue weighted by Gasteiger charge is 2.43. The molecule has 0 aliphatic carbocycles. The molecule has 2 aliphatic heterocycles. The standard InChI is InChI=1S/C29H32F4N6O3S/c1-28(16-42-17-28)38-13-11-20(19(30)15-38)36-25-8-4-7-23-26(43-29(31,32)33)22(37-39(23)25)6-5-12-35-21-10-9-18(27(40)34-2)14-24(21)41-3/h4,7-10,14,19-20,35-36H,11-13,15-17H2,1-3H3,(H,34,40)/t19-,20+/m0/s1. The van der Waals surface area contributed by atoms with Crippen LogP contribution in [0.2, 0.25) is 0 Å². The number of thioether (sulfide) groups is 1. The Balaban J connectivity index is 1.35. The van der Waals surface area contributed by atoms with Crippen LogP contribution in [-0.2, 0) is 4.74 Å². The fraction of sp³-hybridized carbons (Fsp3) is 0.448. The van der Waals surface area contributed by atoms with Crippen LogP contribution >= 0.6 is 11.8 Å². The number of carbonyl (C=O) groups is 1. The second-order valence-electron chi connectivity index (χ2n) is 10.6. The molecular weight excluding hydrogens is 588 g/mol. The van der Waals surface area contributed by atoms with Crippen LogP contribution in [-0.4, -0.2) is 90.7 Å². The molecule has 2 aliphatic rings. The number of anilines is 2. The van der Waals surface area contributed by atoms with Crippen LogP contribution in [0.25, 0.3) is 5.52 Å². The summed E-state index contributed by atoms with van der Waals surface area (Å²) in [5, 5.41) is 13.2. The molecule has 2 saturated heterocycles. The van der Waals surface area contributed by atoms with Crippen molar-refractivity contribution in [3.05, 3.63) is 47.7 Å². The van der Waals surface area contributed by atoms with E-state index < -0.39 is 17.7 Å². The predicted molar refractivity (Wildman–Crippen MR) is 157 cm³/mol. The third-order valence-corrected chi connectivity index (χ3v) is 8.40. The molecule has 9 nitrogen and oxygen atoms in total. The van der Waals surface area contributed by atoms with Crippen molar-refractivity contribution in [2.45, 2.75) is 41.5 Å². The lowest BCUT2D eigenvalue weighted by Gasteiger charge is -2.50. The fourth-order valence-electron chi connectivity index (χ4n) is 5.17. The molecule has 3 N–H and O–H groups in total. The van der Waals surface area contributed by atoms with E-state index >= 15 is 4.39 Å². The minimum Gasteiger partial charge on any atom is -0.495 e. The number of alkyl halides is 4. The summed E-state index contributed by atoms with van der Waals surface area (Å²) in [6, 6.07) is 9.11. The number of hydrogen-bond donors (Lipinski definition) is 3. The van der Waals surface area contributed by atoms with Crippen LogP contribution < -0.4 is 20.7 Å². The summed E-state index contributed by atoms with van der Waals surface area (Å²) in [4.78, 5) is 13.9. The number of pyridine rings is 1. The van der Waals surface area contributed by atoms with Gasteiger partial charge >= 0.3 is 5.51 Å². The number of nitrogens with zero attached hydrogens (tertiary/aromatic N) is 3. The highest BCUT2D eigenvalue weighted by molar-refractivity contribution is 8.00. The van der Waals surface area contributed by atoms with Gasteiger partial charge in [-0.25, -0.2) is 8.91 Å². The van der Waals surface area contributed by atoms with Gasteiger partial charge in [-0.1, -0.05) is 12.0 Å². The van der Waals surface area contributed by atoms with E-state index in [1.165, 1.54) is 24.7 Å². The molecule has 5 rings (SSSR count). The van der Waals surface area contributed by atoms with Gasteiger partial charge in [0.25, 0.3) is 5.91 Å². The van der Waals surface area contributed by atoms with E-state index in [-0.39, 0.29) is 52.4 Å². The van der Waals surface area contributed by atoms with E-state index in [1.807, 2.05) is 0 Å². The van der Waals surface area contributed by atoms with E-state index in [1.54, 1.807) is 30.3 Å². The maximum atomic E-state index is 15.3. The number of nitrogens with one attached hydrogen (secondary N) is 3. The lowest BCUT2D eigenvalue weighted by Crippen LogP contribution is -2.64. The molecule has 2 aromatic heterocycles. The zero-order valence-corrected chi connectivity index (χ0v) is 24.7. The minimum atomic E-state index is -4.57. The van der Waals surface area contributed by atoms with Gasteiger partial charge in [-0.2, -0.15) is 18.3 Å². The lowest BCUT2D eigenvalue weighted by atomic mass is 9.92. The van der Waals surface area contributed by atoms with Crippen molar-refractivity contribution in [2.75, 3.05) is 57.6 Å². The Morgan fingerprint density at radius 2 is 2.07 bits per heavy atom. The number of halogens is 4. The quantitative estimate of drug-likeness (QED) is 0.194. The van der Waals surface area contributed by atoms with Gasteiger partial charge in [0.1, 0.15) is 23.4 Å². The number of ether oxygens (including phenoxy) is 2. The number of hydrogen-bond acceptors (Lipinski definition) is 8. The molecule has 0 saturated carbocycles. The highest BCUT2D eigenvalue weighted by Crippen LogP contribution is 2.41. The Morgan fingerprint density at radius 3 is 2.72 bits per heavy atom. The monoisotopic (exact) mass is 620 g/mol. The van der Waals surface area contributed by atoms with Gasteiger partial charge < -0.3 is 25.4 Å². The molecule has 0 spiro atoms. The summed E-state index contributed by atoms with van der Waals surface area (Å²) < 4.78 is 68.0. The number of fused-ring (bicyclic) bond motifs is 1. The molecule has 1 amide bonds. The molecule has 0 unspecified atom stereocenters. The molecule has 1 aromatic carbocycles. The maximum Gasteiger partial charge on any atom is 0.446 e. The summed E-state index contributed by atoms with van der Waals surface area (Å²) >= 11 is -0.287. The Morgan fingerprint density at radius 1 is 1.28 bits per heavy atom. The first-order valence-electron chi connectivity index (χ1n) is 13.6. The number of amides is 1. The van der Waals surface area contributed by atoms with Crippen LogP contribution in [0.3, 0.4) is 0 Å². The topological polar surface area (TPSA) is 92.2 Å². The van der Waals surface area contributed by atoms with Crippen LogP contribution in [0.15, 0.2) is 41.3 Å². The number of piperidine rings is 1. The van der Waals surface area contributed by atoms with Gasteiger partial charge in [0.05, 0.1) is 54.5 Å². The summed E-state index contributed by atoms with van der Waals surface area (Å²) in [5.74, 6) is 6.10. The third kappa shape index (κ3) is 6.79. The number of benzene rings is 1. The van der Waals surface area contributed by atoms with Gasteiger partial charge in [-0.3, -0.25) is 9.69 Å². The van der Waals surface area contributed by atoms with Crippen molar-refractivity contribution in [1.82, 2.24) is 19.8 Å². The van der Waals surface area contributed by atoms with Gasteiger partial charge in [0, 0.05) is 25.7 Å². The molecule has 2 fully saturated rings. The predicted octanol–water partition coefficient (Wildman–Crippen LogP) is 4.39. The van der Waals surface area contributed by atoms with E-state index in [2.05, 4.69) is 44.7 Å². The SMILES string of the molecule is CNC(=O)c1ccc(NCC#Cc2nn3c(N[C@@H]4CCN(C5(C)COC5)C[C@@H]4F)cccc3c2SC(F)(F)F)c(OC)c1. The number of rotatable bonds is 8. The van der Waals surface area contributed by atoms with Gasteiger partial charge in [-0.15, -0.1) is 0 Å². The second kappa shape index (κ2) is 12.5. The van der Waals surface area contributed by atoms with Crippen LogP contribution in [0, 0.1) is 11.8 Å². The molecule has 43 heavy (non-hydrogen) atoms. The van der Waals surface area contributed by atoms with Crippen LogP contribution in [0.5, 0.6) is 5.75 Å². The Labute approximate surface area is 250 Å². The first-order valence-corrected chi connectivity index (χ1v) is 14.5. The number of carbonyl (C=O) groups excluding carboxylic acids is 1. The largest absolute Gasteiger partial charge is 0.495 e. The number of likely N-dealkylation sites (tertiary alicyclic amines) is 1. The molecule has 0 bridgehead atoms. The van der Waals surface area contributed by atoms with Gasteiger partial charge in [0.2, 0.25) is 0 Å². The maximum absolute atomic E-state index is 15.3. The fourth-order valence-corrected chi connectivity index (χ4v) is 5.85. The van der Waals surface area contributed by atoms with Crippen LogP contribution in [0.1, 0.15) is 29.4 Å². The zero-order chi connectivity index (χ0) is 30.8. The summed E-state index contributed by atoms with van der Waals surface area (Å²) in [6.45, 7) is 4.17. The average molecular weight is 621 g/mol. The Bertz CT molecular complexity index is 1550. The Hall–Kier alpha value is -3.67. The van der Waals surface area contributed by atoms with Crippen molar-refractivity contribution in [3.63, 3.8) is 0 Å². The van der Waals surface area contributed by atoms with Crippen molar-refractivity contribution >= 4 is 34.7 Å². The van der Waals surface area contributed by atoms with Gasteiger partial charge in [0.15, 0.2) is 0 Å². The average Bonchev–Trinajstić information content (AvgIpc) is 3.31. The van der Waals surface area contributed by atoms with Crippen LogP contribution in [0.4, 0.5) is 29.1 Å². The molecule has 4 heterocycles. The molecular formula is C29H32F4N6O3S. The minimum absolute atomic E-state index is 0.0511. The van der Waals surface area contributed by atoms with Crippen molar-refractivity contribution in [1.29, 1.82) is 0 Å². The van der Waals surface area contributed by atoms with Crippen molar-refractivity contribution in [3.8, 4) is 17.6 Å². The van der Waals surface area contributed by atoms with E-state index in [0.717, 1.165) is 0 Å². The smallest absolute Gasteiger partial charge is 0.446 e. The normalized spacial score (nSPS) is 20.1. The second-order valence-corrected chi connectivity index (χ2v) is 11.6. The Kier molecular flexibility index (Phi) is 8.96. The zero-order valence-electron chi connectivity index (χ0n) is 23.8. The van der Waals surface area contributed by atoms with E-state index in [9.17, 15) is 18.0 Å². The summed E-state index contributed by atoms with van der Waals surface area (Å²) in [7, 11) is 2.98. The van der Waals surface area contributed by atoms with E-state index in [4.69, 9.17) is 9.47 Å². The third-order valence-electron chi connectivity index (χ3n) is 7.56. The summed E-state index contributed by atoms with van der Waals surface area (Å²) in [5.41, 5.74) is -3.61. The molecule has 2 atom stereocenters. The van der Waals surface area contributed by atoms with E-state index in [0.29, 0.717) is 49.0 Å². The molecule has 3 aromatic rings. The van der Waals surface area contributed by atoms with Crippen molar-refractivity contribution in [2.24, 2.45) is 0 Å². The molecule has 230 valence electrons. The summed E-state index contributed by atoms with van der Waals surface area (Å²) in [6.07, 6.45) is -0.668. The van der Waals surface area contributed by atoms with Crippen molar-refractivity contribution < 1.29 is 31.8 Å². The highest BCUT2D eigenvalue weighted by atomic mass is 32.2. The van der Waals surface area contributed by atoms with Gasteiger partial charge in [-0.05, 0) is 61.4 Å². The molecule has 14 heteroatoms. The first kappa shape index (κ1) is 30.8. The lowest BCUT2D eigenvalue weighted by molar-refractivity contribution is -0.142. The number of aromatic nitrogens is 2. The number of methoxy groups -OCH3 is 1.